The molecule has 1 heterocycles. The summed E-state index contributed by atoms with van der Waals surface area (Å²) in [6.45, 7) is 2.54. The number of hydrazine groups is 1. The van der Waals surface area contributed by atoms with Gasteiger partial charge in [0.2, 0.25) is 17.7 Å². The Balaban J connectivity index is 1.81. The molecule has 3 N–H and O–H groups in total. The maximum atomic E-state index is 12.2. The standard InChI is InChI=1S/C14H23N3O3/c1-2-9-7-10-11(8-9)14(20)17(13(10)19)6-4-3-5-12(18)16-15/h9-11H,2-8,15H2,1H3,(H,16,18). The van der Waals surface area contributed by atoms with Crippen LogP contribution >= 0.6 is 0 Å². The predicted molar refractivity (Wildman–Crippen MR) is 72.9 cm³/mol. The van der Waals surface area contributed by atoms with Gasteiger partial charge in [-0.2, -0.15) is 0 Å². The zero-order valence-electron chi connectivity index (χ0n) is 11.9. The number of likely N-dealkylation sites (tertiary alicyclic amines) is 1. The second-order valence-corrected chi connectivity index (χ2v) is 5.81. The van der Waals surface area contributed by atoms with Gasteiger partial charge >= 0.3 is 0 Å². The molecule has 2 unspecified atom stereocenters. The predicted octanol–water partition coefficient (Wildman–Crippen LogP) is 0.568. The van der Waals surface area contributed by atoms with Crippen molar-refractivity contribution in [3.8, 4) is 0 Å². The molecule has 0 radical (unpaired) electrons. The molecular formula is C14H23N3O3. The molecule has 1 aliphatic carbocycles. The minimum absolute atomic E-state index is 0.000716. The Labute approximate surface area is 119 Å². The van der Waals surface area contributed by atoms with Crippen molar-refractivity contribution >= 4 is 17.7 Å². The van der Waals surface area contributed by atoms with Gasteiger partial charge in [-0.15, -0.1) is 0 Å². The highest BCUT2D eigenvalue weighted by Crippen LogP contribution is 2.44. The van der Waals surface area contributed by atoms with Crippen LogP contribution in [0, 0.1) is 17.8 Å². The van der Waals surface area contributed by atoms with Gasteiger partial charge in [-0.3, -0.25) is 24.7 Å². The van der Waals surface area contributed by atoms with E-state index in [1.54, 1.807) is 0 Å². The molecule has 2 fully saturated rings. The summed E-state index contributed by atoms with van der Waals surface area (Å²) < 4.78 is 0. The Kier molecular flexibility index (Phi) is 4.75. The number of carbonyl (C=O) groups excluding carboxylic acids is 3. The molecule has 6 nitrogen and oxygen atoms in total. The summed E-state index contributed by atoms with van der Waals surface area (Å²) in [5, 5.41) is 0. The molecular weight excluding hydrogens is 258 g/mol. The summed E-state index contributed by atoms with van der Waals surface area (Å²) in [7, 11) is 0. The zero-order valence-corrected chi connectivity index (χ0v) is 11.9. The van der Waals surface area contributed by atoms with Crippen molar-refractivity contribution in [1.29, 1.82) is 0 Å². The average Bonchev–Trinajstić information content (AvgIpc) is 2.97. The minimum Gasteiger partial charge on any atom is -0.294 e. The van der Waals surface area contributed by atoms with Gasteiger partial charge in [-0.25, -0.2) is 5.84 Å². The molecule has 2 atom stereocenters. The first-order valence-electron chi connectivity index (χ1n) is 7.43. The molecule has 3 amide bonds. The van der Waals surface area contributed by atoms with E-state index >= 15 is 0 Å². The van der Waals surface area contributed by atoms with Crippen molar-refractivity contribution < 1.29 is 14.4 Å². The largest absolute Gasteiger partial charge is 0.294 e. The number of amides is 3. The highest BCUT2D eigenvalue weighted by Gasteiger charge is 2.51. The monoisotopic (exact) mass is 281 g/mol. The van der Waals surface area contributed by atoms with Gasteiger partial charge in [0.1, 0.15) is 0 Å². The van der Waals surface area contributed by atoms with Crippen LogP contribution in [-0.4, -0.2) is 29.2 Å². The Bertz CT molecular complexity index is 386. The van der Waals surface area contributed by atoms with E-state index in [-0.39, 0.29) is 29.6 Å². The summed E-state index contributed by atoms with van der Waals surface area (Å²) in [6.07, 6.45) is 4.38. The molecule has 0 aromatic carbocycles. The second kappa shape index (κ2) is 6.35. The lowest BCUT2D eigenvalue weighted by Gasteiger charge is -2.17. The van der Waals surface area contributed by atoms with E-state index in [0.29, 0.717) is 31.7 Å². The number of hydrogen-bond acceptors (Lipinski definition) is 4. The Hall–Kier alpha value is -1.43. The zero-order chi connectivity index (χ0) is 14.7. The number of fused-ring (bicyclic) bond motifs is 1. The van der Waals surface area contributed by atoms with Crippen molar-refractivity contribution in [2.24, 2.45) is 23.6 Å². The van der Waals surface area contributed by atoms with Crippen molar-refractivity contribution in [3.05, 3.63) is 0 Å². The topological polar surface area (TPSA) is 92.5 Å². The summed E-state index contributed by atoms with van der Waals surface area (Å²) in [5.41, 5.74) is 2.07. The lowest BCUT2D eigenvalue weighted by atomic mass is 10.00. The highest BCUT2D eigenvalue weighted by atomic mass is 16.2. The van der Waals surface area contributed by atoms with Crippen LogP contribution in [0.2, 0.25) is 0 Å². The van der Waals surface area contributed by atoms with E-state index in [4.69, 9.17) is 5.84 Å². The smallest absolute Gasteiger partial charge is 0.233 e. The number of nitrogens with zero attached hydrogens (tertiary/aromatic N) is 1. The van der Waals surface area contributed by atoms with Gasteiger partial charge in [0.25, 0.3) is 0 Å². The minimum atomic E-state index is -0.216. The van der Waals surface area contributed by atoms with Crippen LogP contribution in [0.15, 0.2) is 0 Å². The first-order valence-corrected chi connectivity index (χ1v) is 7.43. The molecule has 2 aliphatic rings. The van der Waals surface area contributed by atoms with Crippen LogP contribution in [0.5, 0.6) is 0 Å². The third-order valence-electron chi connectivity index (χ3n) is 4.60. The summed E-state index contributed by atoms with van der Waals surface area (Å²) in [6, 6.07) is 0. The molecule has 0 aromatic rings. The first kappa shape index (κ1) is 15.0. The van der Waals surface area contributed by atoms with Crippen molar-refractivity contribution in [2.75, 3.05) is 6.54 Å². The number of rotatable bonds is 6. The van der Waals surface area contributed by atoms with Crippen molar-refractivity contribution in [3.63, 3.8) is 0 Å². The Morgan fingerprint density at radius 1 is 1.25 bits per heavy atom. The lowest BCUT2D eigenvalue weighted by Crippen LogP contribution is -2.33. The molecule has 0 spiro atoms. The lowest BCUT2D eigenvalue weighted by molar-refractivity contribution is -0.140. The van der Waals surface area contributed by atoms with Gasteiger partial charge in [-0.1, -0.05) is 13.3 Å². The molecule has 112 valence electrons. The van der Waals surface area contributed by atoms with Crippen LogP contribution in [0.1, 0.15) is 45.4 Å². The van der Waals surface area contributed by atoms with Gasteiger partial charge in [0.15, 0.2) is 0 Å². The normalized spacial score (nSPS) is 28.9. The molecule has 6 heteroatoms. The van der Waals surface area contributed by atoms with Crippen molar-refractivity contribution in [2.45, 2.75) is 45.4 Å². The molecule has 1 aliphatic heterocycles. The number of carbonyl (C=O) groups is 3. The number of unbranched alkanes of at least 4 members (excludes halogenated alkanes) is 1. The van der Waals surface area contributed by atoms with E-state index < -0.39 is 0 Å². The molecule has 0 aromatic heterocycles. The van der Waals surface area contributed by atoms with Crippen LogP contribution in [-0.2, 0) is 14.4 Å². The third kappa shape index (κ3) is 2.85. The number of nitrogens with one attached hydrogen (secondary N) is 1. The van der Waals surface area contributed by atoms with Crippen LogP contribution < -0.4 is 11.3 Å². The quantitative estimate of drug-likeness (QED) is 0.245. The summed E-state index contributed by atoms with van der Waals surface area (Å²) in [5.74, 6) is 5.13. The van der Waals surface area contributed by atoms with Gasteiger partial charge in [-0.05, 0) is 31.6 Å². The van der Waals surface area contributed by atoms with E-state index in [9.17, 15) is 14.4 Å². The molecule has 0 bridgehead atoms. The molecule has 20 heavy (non-hydrogen) atoms. The Morgan fingerprint density at radius 2 is 1.85 bits per heavy atom. The van der Waals surface area contributed by atoms with E-state index in [0.717, 1.165) is 19.3 Å². The third-order valence-corrected chi connectivity index (χ3v) is 4.60. The maximum Gasteiger partial charge on any atom is 0.233 e. The van der Waals surface area contributed by atoms with E-state index in [1.165, 1.54) is 4.90 Å². The average molecular weight is 281 g/mol. The number of nitrogens with two attached hydrogens (primary N) is 1. The number of hydrogen-bond donors (Lipinski definition) is 2. The SMILES string of the molecule is CCC1CC2C(=O)N(CCCCC(=O)NN)C(=O)C2C1. The van der Waals surface area contributed by atoms with E-state index in [2.05, 4.69) is 12.3 Å². The van der Waals surface area contributed by atoms with Crippen molar-refractivity contribution in [1.82, 2.24) is 10.3 Å². The molecule has 1 saturated heterocycles. The van der Waals surface area contributed by atoms with E-state index in [1.807, 2.05) is 0 Å². The number of imide groups is 1. The second-order valence-electron chi connectivity index (χ2n) is 5.81. The molecule has 2 rings (SSSR count). The summed E-state index contributed by atoms with van der Waals surface area (Å²) in [4.78, 5) is 36.9. The fourth-order valence-corrected chi connectivity index (χ4v) is 3.38. The maximum absolute atomic E-state index is 12.2. The highest BCUT2D eigenvalue weighted by molar-refractivity contribution is 6.05. The fraction of sp³-hybridized carbons (Fsp3) is 0.786. The Morgan fingerprint density at radius 3 is 2.35 bits per heavy atom. The van der Waals surface area contributed by atoms with Crippen LogP contribution in [0.25, 0.3) is 0 Å². The van der Waals surface area contributed by atoms with Gasteiger partial charge in [0.05, 0.1) is 11.8 Å². The van der Waals surface area contributed by atoms with Crippen LogP contribution in [0.4, 0.5) is 0 Å². The fourth-order valence-electron chi connectivity index (χ4n) is 3.38. The van der Waals surface area contributed by atoms with Crippen LogP contribution in [0.3, 0.4) is 0 Å². The summed E-state index contributed by atoms with van der Waals surface area (Å²) >= 11 is 0. The van der Waals surface area contributed by atoms with Gasteiger partial charge in [0, 0.05) is 13.0 Å². The molecule has 1 saturated carbocycles. The first-order chi connectivity index (χ1) is 9.58. The van der Waals surface area contributed by atoms with Gasteiger partial charge < -0.3 is 0 Å².